The lowest BCUT2D eigenvalue weighted by Gasteiger charge is -2.29. The van der Waals surface area contributed by atoms with Crippen LogP contribution in [0.15, 0.2) is 33.5 Å². The molecule has 0 bridgehead atoms. The highest BCUT2D eigenvalue weighted by molar-refractivity contribution is 5.76. The zero-order valence-electron chi connectivity index (χ0n) is 13.8. The van der Waals surface area contributed by atoms with Crippen molar-refractivity contribution in [3.05, 3.63) is 34.8 Å². The summed E-state index contributed by atoms with van der Waals surface area (Å²) in [5.74, 6) is -0.584. The minimum absolute atomic E-state index is 0.0863. The summed E-state index contributed by atoms with van der Waals surface area (Å²) in [6.45, 7) is 6.10. The van der Waals surface area contributed by atoms with Crippen molar-refractivity contribution in [1.29, 1.82) is 0 Å². The molecule has 0 saturated heterocycles. The molecule has 0 radical (unpaired) electrons. The van der Waals surface area contributed by atoms with Gasteiger partial charge in [-0.2, -0.15) is 0 Å². The molecular weight excluding hydrogens is 296 g/mol. The number of amides is 1. The summed E-state index contributed by atoms with van der Waals surface area (Å²) in [5.41, 5.74) is 0.248. The highest BCUT2D eigenvalue weighted by Gasteiger charge is 2.27. The molecular formula is C17H24N2O4. The van der Waals surface area contributed by atoms with E-state index in [2.05, 4.69) is 5.32 Å². The molecule has 0 aliphatic carbocycles. The topological polar surface area (TPSA) is 84.5 Å². The quantitative estimate of drug-likeness (QED) is 0.816. The Morgan fingerprint density at radius 1 is 1.43 bits per heavy atom. The van der Waals surface area contributed by atoms with Crippen molar-refractivity contribution in [3.8, 4) is 0 Å². The molecule has 6 nitrogen and oxygen atoms in total. The molecule has 2 atom stereocenters. The Balaban J connectivity index is 1.94. The average Bonchev–Trinajstić information content (AvgIpc) is 2.85. The fourth-order valence-corrected chi connectivity index (χ4v) is 2.42. The first kappa shape index (κ1) is 17.3. The van der Waals surface area contributed by atoms with Crippen LogP contribution in [0.2, 0.25) is 0 Å². The standard InChI is InChI=1S/C17H24N2O4/c1-4-12(2)17(3,22)11-18-15(20)9-10-19-13-7-5-6-8-14(13)23-16(19)21/h5-8,12,22H,4,9-11H2,1-3H3,(H,18,20). The molecule has 0 spiro atoms. The van der Waals surface area contributed by atoms with Crippen molar-refractivity contribution in [2.24, 2.45) is 5.92 Å². The molecule has 1 amide bonds. The summed E-state index contributed by atoms with van der Waals surface area (Å²) in [6, 6.07) is 7.11. The van der Waals surface area contributed by atoms with Crippen molar-refractivity contribution < 1.29 is 14.3 Å². The van der Waals surface area contributed by atoms with E-state index in [1.165, 1.54) is 4.57 Å². The van der Waals surface area contributed by atoms with Gasteiger partial charge in [0, 0.05) is 19.5 Å². The van der Waals surface area contributed by atoms with Gasteiger partial charge in [0.15, 0.2) is 5.58 Å². The number of para-hydroxylation sites is 2. The van der Waals surface area contributed by atoms with Gasteiger partial charge in [-0.1, -0.05) is 32.4 Å². The summed E-state index contributed by atoms with van der Waals surface area (Å²) in [4.78, 5) is 23.8. The highest BCUT2D eigenvalue weighted by Crippen LogP contribution is 2.18. The third-order valence-electron chi connectivity index (χ3n) is 4.45. The number of nitrogens with one attached hydrogen (secondary N) is 1. The van der Waals surface area contributed by atoms with Crippen LogP contribution in [-0.2, 0) is 11.3 Å². The van der Waals surface area contributed by atoms with Gasteiger partial charge in [-0.15, -0.1) is 0 Å². The average molecular weight is 320 g/mol. The Morgan fingerprint density at radius 3 is 2.83 bits per heavy atom. The smallest absolute Gasteiger partial charge is 0.408 e. The minimum atomic E-state index is -0.941. The summed E-state index contributed by atoms with van der Waals surface area (Å²) in [7, 11) is 0. The Hall–Kier alpha value is -2.08. The zero-order valence-corrected chi connectivity index (χ0v) is 13.8. The van der Waals surface area contributed by atoms with Crippen LogP contribution >= 0.6 is 0 Å². The van der Waals surface area contributed by atoms with Crippen LogP contribution in [0.25, 0.3) is 11.1 Å². The van der Waals surface area contributed by atoms with Gasteiger partial charge >= 0.3 is 5.76 Å². The van der Waals surface area contributed by atoms with Gasteiger partial charge in [0.25, 0.3) is 0 Å². The third-order valence-corrected chi connectivity index (χ3v) is 4.45. The summed E-state index contributed by atoms with van der Waals surface area (Å²) >= 11 is 0. The van der Waals surface area contributed by atoms with Crippen molar-refractivity contribution in [3.63, 3.8) is 0 Å². The van der Waals surface area contributed by atoms with Crippen LogP contribution in [0.5, 0.6) is 0 Å². The summed E-state index contributed by atoms with van der Waals surface area (Å²) in [5, 5.41) is 13.0. The molecule has 2 N–H and O–H groups in total. The van der Waals surface area contributed by atoms with Gasteiger partial charge in [-0.3, -0.25) is 9.36 Å². The number of carbonyl (C=O) groups excluding carboxylic acids is 1. The molecule has 1 heterocycles. The molecule has 1 aromatic carbocycles. The van der Waals surface area contributed by atoms with Crippen molar-refractivity contribution in [1.82, 2.24) is 9.88 Å². The van der Waals surface area contributed by atoms with E-state index in [0.29, 0.717) is 11.1 Å². The maximum absolute atomic E-state index is 12.0. The predicted molar refractivity (Wildman–Crippen MR) is 88.2 cm³/mol. The number of aromatic nitrogens is 1. The second kappa shape index (κ2) is 7.00. The molecule has 1 aromatic heterocycles. The number of aliphatic hydroxyl groups is 1. The van der Waals surface area contributed by atoms with Gasteiger partial charge < -0.3 is 14.8 Å². The minimum Gasteiger partial charge on any atom is -0.408 e. The van der Waals surface area contributed by atoms with E-state index < -0.39 is 11.4 Å². The van der Waals surface area contributed by atoms with Crippen molar-refractivity contribution in [2.45, 2.75) is 45.8 Å². The summed E-state index contributed by atoms with van der Waals surface area (Å²) in [6.07, 6.45) is 0.985. The number of nitrogens with zero attached hydrogens (tertiary/aromatic N) is 1. The highest BCUT2D eigenvalue weighted by atomic mass is 16.4. The molecule has 126 valence electrons. The van der Waals surface area contributed by atoms with E-state index in [0.717, 1.165) is 6.42 Å². The van der Waals surface area contributed by atoms with E-state index in [4.69, 9.17) is 4.42 Å². The number of rotatable bonds is 7. The maximum atomic E-state index is 12.0. The Bertz CT molecular complexity index is 730. The van der Waals surface area contributed by atoms with Gasteiger partial charge in [-0.25, -0.2) is 4.79 Å². The number of hydrogen-bond donors (Lipinski definition) is 2. The molecule has 0 aliphatic rings. The SMILES string of the molecule is CCC(C)C(C)(O)CNC(=O)CCn1c(=O)oc2ccccc21. The number of benzene rings is 1. The molecule has 0 aliphatic heterocycles. The molecule has 23 heavy (non-hydrogen) atoms. The van der Waals surface area contributed by atoms with E-state index in [1.54, 1.807) is 25.1 Å². The van der Waals surface area contributed by atoms with Gasteiger partial charge in [0.1, 0.15) is 0 Å². The number of fused-ring (bicyclic) bond motifs is 1. The van der Waals surface area contributed by atoms with Crippen LogP contribution < -0.4 is 11.1 Å². The lowest BCUT2D eigenvalue weighted by atomic mass is 9.88. The first-order valence-corrected chi connectivity index (χ1v) is 7.92. The number of aryl methyl sites for hydroxylation is 1. The zero-order chi connectivity index (χ0) is 17.0. The van der Waals surface area contributed by atoms with E-state index >= 15 is 0 Å². The molecule has 0 fully saturated rings. The Kier molecular flexibility index (Phi) is 5.26. The maximum Gasteiger partial charge on any atom is 0.419 e. The number of hydrogen-bond acceptors (Lipinski definition) is 4. The van der Waals surface area contributed by atoms with Crippen LogP contribution in [-0.4, -0.2) is 27.7 Å². The largest absolute Gasteiger partial charge is 0.419 e. The first-order chi connectivity index (χ1) is 10.8. The third kappa shape index (κ3) is 4.01. The Labute approximate surface area is 135 Å². The number of carbonyl (C=O) groups is 1. The lowest BCUT2D eigenvalue weighted by molar-refractivity contribution is -0.123. The number of oxazole rings is 1. The van der Waals surface area contributed by atoms with Crippen LogP contribution in [0, 0.1) is 5.92 Å². The van der Waals surface area contributed by atoms with Crippen LogP contribution in [0.3, 0.4) is 0 Å². The Morgan fingerprint density at radius 2 is 2.13 bits per heavy atom. The molecule has 2 aromatic rings. The summed E-state index contributed by atoms with van der Waals surface area (Å²) < 4.78 is 6.57. The van der Waals surface area contributed by atoms with E-state index in [-0.39, 0.29) is 31.3 Å². The second-order valence-corrected chi connectivity index (χ2v) is 6.18. The van der Waals surface area contributed by atoms with Crippen LogP contribution in [0.1, 0.15) is 33.6 Å². The first-order valence-electron chi connectivity index (χ1n) is 7.92. The van der Waals surface area contributed by atoms with E-state index in [1.807, 2.05) is 19.9 Å². The predicted octanol–water partition coefficient (Wildman–Crippen LogP) is 1.90. The van der Waals surface area contributed by atoms with Crippen LogP contribution in [0.4, 0.5) is 0 Å². The monoisotopic (exact) mass is 320 g/mol. The molecule has 6 heteroatoms. The van der Waals surface area contributed by atoms with Crippen molar-refractivity contribution >= 4 is 17.0 Å². The molecule has 2 rings (SSSR count). The van der Waals surface area contributed by atoms with E-state index in [9.17, 15) is 14.7 Å². The van der Waals surface area contributed by atoms with Gasteiger partial charge in [0.2, 0.25) is 5.91 Å². The van der Waals surface area contributed by atoms with Gasteiger partial charge in [-0.05, 0) is 25.0 Å². The second-order valence-electron chi connectivity index (χ2n) is 6.18. The fraction of sp³-hybridized carbons (Fsp3) is 0.529. The molecule has 0 saturated carbocycles. The lowest BCUT2D eigenvalue weighted by Crippen LogP contribution is -2.45. The van der Waals surface area contributed by atoms with Crippen molar-refractivity contribution in [2.75, 3.05) is 6.54 Å². The fourth-order valence-electron chi connectivity index (χ4n) is 2.42. The van der Waals surface area contributed by atoms with Gasteiger partial charge in [0.05, 0.1) is 11.1 Å². The molecule has 2 unspecified atom stereocenters. The normalized spacial score (nSPS) is 15.3.